The van der Waals surface area contributed by atoms with Gasteiger partial charge in [0.15, 0.2) is 0 Å². The molecule has 3 heteroatoms. The van der Waals surface area contributed by atoms with E-state index in [-0.39, 0.29) is 5.63 Å². The van der Waals surface area contributed by atoms with Crippen LogP contribution in [0.3, 0.4) is 0 Å². The summed E-state index contributed by atoms with van der Waals surface area (Å²) < 4.78 is 5.59. The molecule has 0 amide bonds. The Balaban J connectivity index is 1.97. The van der Waals surface area contributed by atoms with Gasteiger partial charge in [0.05, 0.1) is 16.6 Å². The van der Waals surface area contributed by atoms with Gasteiger partial charge in [-0.1, -0.05) is 72.8 Å². The fourth-order valence-corrected chi connectivity index (χ4v) is 3.45. The van der Waals surface area contributed by atoms with Gasteiger partial charge in [0.1, 0.15) is 5.58 Å². The highest BCUT2D eigenvalue weighted by Gasteiger charge is 2.16. The highest BCUT2D eigenvalue weighted by atomic mass is 16.4. The minimum atomic E-state index is -0.366. The molecular weight excluding hydrogens is 334 g/mol. The number of fused-ring (bicyclic) bond motifs is 3. The average Bonchev–Trinajstić information content (AvgIpc) is 2.74. The molecule has 0 aliphatic rings. The van der Waals surface area contributed by atoms with Crippen LogP contribution in [0.5, 0.6) is 0 Å². The molecule has 27 heavy (non-hydrogen) atoms. The summed E-state index contributed by atoms with van der Waals surface area (Å²) in [6, 6.07) is 29.4. The molecule has 0 aliphatic carbocycles. The van der Waals surface area contributed by atoms with Gasteiger partial charge in [-0.05, 0) is 23.8 Å². The summed E-state index contributed by atoms with van der Waals surface area (Å²) in [6.45, 7) is 0. The van der Waals surface area contributed by atoms with Crippen molar-refractivity contribution in [2.75, 3.05) is 0 Å². The quantitative estimate of drug-likeness (QED) is 0.304. The summed E-state index contributed by atoms with van der Waals surface area (Å²) in [6.07, 6.45) is 0. The zero-order chi connectivity index (χ0) is 18.2. The van der Waals surface area contributed by atoms with Gasteiger partial charge in [0.2, 0.25) is 0 Å². The van der Waals surface area contributed by atoms with Crippen molar-refractivity contribution in [3.8, 4) is 22.4 Å². The molecule has 0 saturated heterocycles. The lowest BCUT2D eigenvalue weighted by molar-refractivity contribution is 0.569. The maximum atomic E-state index is 12.8. The van der Waals surface area contributed by atoms with Crippen molar-refractivity contribution in [1.82, 2.24) is 4.98 Å². The van der Waals surface area contributed by atoms with Crippen molar-refractivity contribution in [3.63, 3.8) is 0 Å². The molecule has 0 N–H and O–H groups in total. The SMILES string of the molecule is O=c1oc2ccccc2c2nc(-c3ccccc3)cc(-c3ccccc3)c12. The molecule has 5 aromatic rings. The van der Waals surface area contributed by atoms with Gasteiger partial charge in [-0.25, -0.2) is 9.78 Å². The Kier molecular flexibility index (Phi) is 3.58. The van der Waals surface area contributed by atoms with Crippen LogP contribution in [-0.4, -0.2) is 4.98 Å². The molecule has 2 aromatic heterocycles. The Morgan fingerprint density at radius 3 is 2.07 bits per heavy atom. The van der Waals surface area contributed by atoms with Crippen molar-refractivity contribution >= 4 is 21.9 Å². The van der Waals surface area contributed by atoms with E-state index in [4.69, 9.17) is 9.40 Å². The smallest absolute Gasteiger partial charge is 0.346 e. The monoisotopic (exact) mass is 349 g/mol. The third-order valence-corrected chi connectivity index (χ3v) is 4.72. The van der Waals surface area contributed by atoms with Crippen molar-refractivity contribution in [2.24, 2.45) is 0 Å². The van der Waals surface area contributed by atoms with E-state index in [0.717, 1.165) is 27.8 Å². The van der Waals surface area contributed by atoms with Crippen molar-refractivity contribution in [1.29, 1.82) is 0 Å². The third kappa shape index (κ3) is 2.61. The van der Waals surface area contributed by atoms with Crippen LogP contribution in [0, 0.1) is 0 Å². The highest BCUT2D eigenvalue weighted by Crippen LogP contribution is 2.33. The molecule has 0 spiro atoms. The molecule has 0 unspecified atom stereocenters. The number of hydrogen-bond donors (Lipinski definition) is 0. The summed E-state index contributed by atoms with van der Waals surface area (Å²) in [5, 5.41) is 1.35. The molecule has 0 atom stereocenters. The number of pyridine rings is 1. The fraction of sp³-hybridized carbons (Fsp3) is 0. The van der Waals surface area contributed by atoms with Crippen LogP contribution < -0.4 is 5.63 Å². The molecule has 0 saturated carbocycles. The van der Waals surface area contributed by atoms with Gasteiger partial charge in [-0.15, -0.1) is 0 Å². The van der Waals surface area contributed by atoms with Crippen molar-refractivity contribution < 1.29 is 4.42 Å². The minimum Gasteiger partial charge on any atom is -0.422 e. The van der Waals surface area contributed by atoms with Crippen LogP contribution in [0.25, 0.3) is 44.3 Å². The molecule has 0 bridgehead atoms. The van der Waals surface area contributed by atoms with Crippen molar-refractivity contribution in [3.05, 3.63) is 101 Å². The Morgan fingerprint density at radius 1 is 0.704 bits per heavy atom. The fourth-order valence-electron chi connectivity index (χ4n) is 3.45. The number of nitrogens with zero attached hydrogens (tertiary/aromatic N) is 1. The largest absolute Gasteiger partial charge is 0.422 e. The Labute approximate surface area is 155 Å². The van der Waals surface area contributed by atoms with Gasteiger partial charge < -0.3 is 4.42 Å². The number of aromatic nitrogens is 1. The molecule has 128 valence electrons. The lowest BCUT2D eigenvalue weighted by atomic mass is 9.98. The van der Waals surface area contributed by atoms with Crippen LogP contribution in [0.2, 0.25) is 0 Å². The van der Waals surface area contributed by atoms with Crippen LogP contribution in [0.4, 0.5) is 0 Å². The minimum absolute atomic E-state index is 0.366. The van der Waals surface area contributed by atoms with Gasteiger partial charge in [-0.3, -0.25) is 0 Å². The average molecular weight is 349 g/mol. The van der Waals surface area contributed by atoms with Crippen LogP contribution in [-0.2, 0) is 0 Å². The summed E-state index contributed by atoms with van der Waals surface area (Å²) in [5.74, 6) is 0. The predicted octanol–water partition coefficient (Wildman–Crippen LogP) is 5.68. The number of hydrogen-bond acceptors (Lipinski definition) is 3. The van der Waals surface area contributed by atoms with Crippen LogP contribution >= 0.6 is 0 Å². The van der Waals surface area contributed by atoms with E-state index in [1.165, 1.54) is 0 Å². The summed E-state index contributed by atoms with van der Waals surface area (Å²) in [4.78, 5) is 17.7. The number of benzene rings is 3. The van der Waals surface area contributed by atoms with Gasteiger partial charge >= 0.3 is 5.63 Å². The first-order valence-electron chi connectivity index (χ1n) is 8.79. The van der Waals surface area contributed by atoms with Gasteiger partial charge in [0, 0.05) is 16.5 Å². The lowest BCUT2D eigenvalue weighted by Gasteiger charge is -2.11. The lowest BCUT2D eigenvalue weighted by Crippen LogP contribution is -2.04. The first kappa shape index (κ1) is 15.5. The van der Waals surface area contributed by atoms with E-state index in [9.17, 15) is 4.79 Å². The van der Waals surface area contributed by atoms with E-state index in [2.05, 4.69) is 0 Å². The summed E-state index contributed by atoms with van der Waals surface area (Å²) in [5.41, 5.74) is 4.48. The second-order valence-corrected chi connectivity index (χ2v) is 6.40. The summed E-state index contributed by atoms with van der Waals surface area (Å²) in [7, 11) is 0. The normalized spacial score (nSPS) is 11.1. The topological polar surface area (TPSA) is 43.1 Å². The maximum absolute atomic E-state index is 12.8. The van der Waals surface area contributed by atoms with Crippen molar-refractivity contribution in [2.45, 2.75) is 0 Å². The van der Waals surface area contributed by atoms with E-state index in [0.29, 0.717) is 16.5 Å². The first-order valence-corrected chi connectivity index (χ1v) is 8.79. The zero-order valence-electron chi connectivity index (χ0n) is 14.4. The Hall–Kier alpha value is -3.72. The molecule has 0 radical (unpaired) electrons. The maximum Gasteiger partial charge on any atom is 0.346 e. The molecule has 5 rings (SSSR count). The Morgan fingerprint density at radius 2 is 1.33 bits per heavy atom. The third-order valence-electron chi connectivity index (χ3n) is 4.72. The molecular formula is C24H15NO2. The van der Waals surface area contributed by atoms with Gasteiger partial charge in [-0.2, -0.15) is 0 Å². The van der Waals surface area contributed by atoms with Gasteiger partial charge in [0.25, 0.3) is 0 Å². The van der Waals surface area contributed by atoms with E-state index >= 15 is 0 Å². The second-order valence-electron chi connectivity index (χ2n) is 6.40. The number of rotatable bonds is 2. The summed E-state index contributed by atoms with van der Waals surface area (Å²) >= 11 is 0. The van der Waals surface area contributed by atoms with E-state index < -0.39 is 0 Å². The molecule has 0 aliphatic heterocycles. The predicted molar refractivity (Wildman–Crippen MR) is 109 cm³/mol. The standard InChI is InChI=1S/C24H15NO2/c26-24-22-19(16-9-3-1-4-10-16)15-20(17-11-5-2-6-12-17)25-23(22)18-13-7-8-14-21(18)27-24/h1-15H. The van der Waals surface area contributed by atoms with Crippen LogP contribution in [0.1, 0.15) is 0 Å². The molecule has 0 fully saturated rings. The first-order chi connectivity index (χ1) is 13.3. The zero-order valence-corrected chi connectivity index (χ0v) is 14.4. The molecule has 3 nitrogen and oxygen atoms in total. The second kappa shape index (κ2) is 6.22. The number of para-hydroxylation sites is 1. The molecule has 3 aromatic carbocycles. The van der Waals surface area contributed by atoms with E-state index in [1.54, 1.807) is 6.07 Å². The molecule has 2 heterocycles. The highest BCUT2D eigenvalue weighted by molar-refractivity contribution is 6.08. The Bertz CT molecular complexity index is 1320. The van der Waals surface area contributed by atoms with Crippen LogP contribution in [0.15, 0.2) is 100 Å². The van der Waals surface area contributed by atoms with E-state index in [1.807, 2.05) is 84.9 Å².